The third kappa shape index (κ3) is 4.25. The second kappa shape index (κ2) is 7.74. The van der Waals surface area contributed by atoms with Crippen LogP contribution in [-0.4, -0.2) is 37.4 Å². The Kier molecular flexibility index (Phi) is 6.65. The predicted molar refractivity (Wildman–Crippen MR) is 71.3 cm³/mol. The van der Waals surface area contributed by atoms with Crippen molar-refractivity contribution in [2.24, 2.45) is 11.3 Å². The lowest BCUT2D eigenvalue weighted by Gasteiger charge is -2.32. The fraction of sp³-hybridized carbons (Fsp3) is 0.929. The average Bonchev–Trinajstić information content (AvgIpc) is 2.44. The van der Waals surface area contributed by atoms with Crippen molar-refractivity contribution < 1.29 is 14.6 Å². The van der Waals surface area contributed by atoms with Crippen molar-refractivity contribution in [3.05, 3.63) is 0 Å². The van der Waals surface area contributed by atoms with E-state index in [1.54, 1.807) is 0 Å². The number of carbonyl (C=O) groups excluding carboxylic acids is 1. The summed E-state index contributed by atoms with van der Waals surface area (Å²) >= 11 is 0. The zero-order chi connectivity index (χ0) is 13.4. The molecule has 4 heteroatoms. The highest BCUT2D eigenvalue weighted by atomic mass is 16.5. The number of aliphatic hydroxyl groups is 1. The van der Waals surface area contributed by atoms with Gasteiger partial charge in [-0.05, 0) is 37.5 Å². The maximum Gasteiger partial charge on any atom is 0.223 e. The number of aliphatic hydroxyl groups excluding tert-OH is 1. The second-order valence-electron chi connectivity index (χ2n) is 5.29. The molecule has 2 N–H and O–H groups in total. The molecule has 1 aliphatic rings. The minimum Gasteiger partial charge on any atom is -0.396 e. The van der Waals surface area contributed by atoms with Crippen molar-refractivity contribution in [1.82, 2.24) is 5.32 Å². The van der Waals surface area contributed by atoms with Crippen molar-refractivity contribution in [1.29, 1.82) is 0 Å². The molecular weight excluding hydrogens is 230 g/mol. The maximum absolute atomic E-state index is 12.1. The van der Waals surface area contributed by atoms with Crippen LogP contribution in [0.4, 0.5) is 0 Å². The molecule has 1 saturated heterocycles. The molecule has 1 aliphatic heterocycles. The third-order valence-corrected chi connectivity index (χ3v) is 4.37. The van der Waals surface area contributed by atoms with Crippen LogP contribution in [0.2, 0.25) is 0 Å². The Labute approximate surface area is 110 Å². The molecule has 0 aliphatic carbocycles. The minimum atomic E-state index is 0.0512. The van der Waals surface area contributed by atoms with Crippen LogP contribution < -0.4 is 5.32 Å². The fourth-order valence-electron chi connectivity index (χ4n) is 2.56. The van der Waals surface area contributed by atoms with Crippen molar-refractivity contribution in [3.63, 3.8) is 0 Å². The van der Waals surface area contributed by atoms with E-state index in [1.807, 2.05) is 0 Å². The number of ether oxygens (including phenoxy) is 1. The van der Waals surface area contributed by atoms with E-state index in [0.717, 1.165) is 32.1 Å². The Morgan fingerprint density at radius 2 is 1.94 bits per heavy atom. The van der Waals surface area contributed by atoms with E-state index in [0.29, 0.717) is 19.8 Å². The highest BCUT2D eigenvalue weighted by Gasteiger charge is 2.28. The van der Waals surface area contributed by atoms with Gasteiger partial charge in [-0.15, -0.1) is 0 Å². The Morgan fingerprint density at radius 3 is 2.44 bits per heavy atom. The van der Waals surface area contributed by atoms with Gasteiger partial charge in [0.15, 0.2) is 0 Å². The first-order chi connectivity index (χ1) is 8.67. The lowest BCUT2D eigenvalue weighted by molar-refractivity contribution is -0.128. The third-order valence-electron chi connectivity index (χ3n) is 4.37. The molecule has 0 bridgehead atoms. The Morgan fingerprint density at radius 1 is 1.33 bits per heavy atom. The average molecular weight is 257 g/mol. The van der Waals surface area contributed by atoms with Crippen molar-refractivity contribution in [3.8, 4) is 0 Å². The van der Waals surface area contributed by atoms with E-state index >= 15 is 0 Å². The zero-order valence-electron chi connectivity index (χ0n) is 11.7. The summed E-state index contributed by atoms with van der Waals surface area (Å²) < 4.78 is 5.26. The first kappa shape index (κ1) is 15.4. The molecule has 0 atom stereocenters. The summed E-state index contributed by atoms with van der Waals surface area (Å²) in [4.78, 5) is 12.1. The van der Waals surface area contributed by atoms with Crippen LogP contribution >= 0.6 is 0 Å². The highest BCUT2D eigenvalue weighted by Crippen LogP contribution is 2.29. The maximum atomic E-state index is 12.1. The summed E-state index contributed by atoms with van der Waals surface area (Å²) in [5.74, 6) is 0.266. The van der Waals surface area contributed by atoms with Crippen LogP contribution in [0.1, 0.15) is 46.0 Å². The minimum absolute atomic E-state index is 0.0512. The van der Waals surface area contributed by atoms with Gasteiger partial charge in [0.1, 0.15) is 0 Å². The fourth-order valence-corrected chi connectivity index (χ4v) is 2.56. The standard InChI is InChI=1S/C14H27NO3/c1-3-14(4-2,7-8-16)11-15-13(17)12-5-9-18-10-6-12/h12,16H,3-11H2,1-2H3,(H,15,17). The monoisotopic (exact) mass is 257 g/mol. The topological polar surface area (TPSA) is 58.6 Å². The molecule has 106 valence electrons. The number of nitrogens with one attached hydrogen (secondary N) is 1. The summed E-state index contributed by atoms with van der Waals surface area (Å²) in [6.07, 6.45) is 4.39. The molecule has 0 aromatic heterocycles. The van der Waals surface area contributed by atoms with Gasteiger partial charge >= 0.3 is 0 Å². The molecule has 18 heavy (non-hydrogen) atoms. The van der Waals surface area contributed by atoms with Crippen molar-refractivity contribution >= 4 is 5.91 Å². The summed E-state index contributed by atoms with van der Waals surface area (Å²) in [6, 6.07) is 0. The van der Waals surface area contributed by atoms with Crippen LogP contribution in [0.15, 0.2) is 0 Å². The second-order valence-corrected chi connectivity index (χ2v) is 5.29. The Bertz CT molecular complexity index is 245. The summed E-state index contributed by atoms with van der Waals surface area (Å²) in [6.45, 7) is 6.51. The van der Waals surface area contributed by atoms with Crippen LogP contribution in [0.3, 0.4) is 0 Å². The molecule has 0 unspecified atom stereocenters. The van der Waals surface area contributed by atoms with Crippen LogP contribution in [0.5, 0.6) is 0 Å². The van der Waals surface area contributed by atoms with Crippen LogP contribution in [-0.2, 0) is 9.53 Å². The van der Waals surface area contributed by atoms with E-state index in [-0.39, 0.29) is 23.8 Å². The smallest absolute Gasteiger partial charge is 0.223 e. The molecule has 0 aromatic rings. The van der Waals surface area contributed by atoms with Gasteiger partial charge in [-0.1, -0.05) is 13.8 Å². The predicted octanol–water partition coefficient (Wildman–Crippen LogP) is 1.72. The van der Waals surface area contributed by atoms with Gasteiger partial charge in [0, 0.05) is 32.3 Å². The molecule has 1 heterocycles. The molecule has 0 saturated carbocycles. The molecule has 0 radical (unpaired) electrons. The largest absolute Gasteiger partial charge is 0.396 e. The highest BCUT2D eigenvalue weighted by molar-refractivity contribution is 5.78. The van der Waals surface area contributed by atoms with Gasteiger partial charge in [0.25, 0.3) is 0 Å². The van der Waals surface area contributed by atoms with Gasteiger partial charge in [-0.2, -0.15) is 0 Å². The zero-order valence-corrected chi connectivity index (χ0v) is 11.7. The lowest BCUT2D eigenvalue weighted by Crippen LogP contribution is -2.41. The van der Waals surface area contributed by atoms with E-state index in [4.69, 9.17) is 9.84 Å². The SMILES string of the molecule is CCC(CC)(CCO)CNC(=O)C1CCOCC1. The molecule has 1 rings (SSSR count). The van der Waals surface area contributed by atoms with E-state index in [9.17, 15) is 4.79 Å². The van der Waals surface area contributed by atoms with Gasteiger partial charge in [-0.3, -0.25) is 4.79 Å². The number of hydrogen-bond donors (Lipinski definition) is 2. The van der Waals surface area contributed by atoms with Crippen LogP contribution in [0.25, 0.3) is 0 Å². The molecule has 0 spiro atoms. The summed E-state index contributed by atoms with van der Waals surface area (Å²) in [7, 11) is 0. The molecular formula is C14H27NO3. The molecule has 4 nitrogen and oxygen atoms in total. The van der Waals surface area contributed by atoms with E-state index in [1.165, 1.54) is 0 Å². The summed E-state index contributed by atoms with van der Waals surface area (Å²) in [5, 5.41) is 12.2. The number of carbonyl (C=O) groups is 1. The molecule has 1 fully saturated rings. The number of amides is 1. The number of rotatable bonds is 7. The normalized spacial score (nSPS) is 17.7. The summed E-state index contributed by atoms with van der Waals surface area (Å²) in [5.41, 5.74) is 0.0512. The van der Waals surface area contributed by atoms with E-state index < -0.39 is 0 Å². The lowest BCUT2D eigenvalue weighted by atomic mass is 9.79. The van der Waals surface area contributed by atoms with Crippen molar-refractivity contribution in [2.75, 3.05) is 26.4 Å². The Hall–Kier alpha value is -0.610. The Balaban J connectivity index is 2.43. The van der Waals surface area contributed by atoms with Crippen LogP contribution in [0, 0.1) is 11.3 Å². The first-order valence-corrected chi connectivity index (χ1v) is 7.13. The first-order valence-electron chi connectivity index (χ1n) is 7.13. The number of hydrogen-bond acceptors (Lipinski definition) is 3. The molecule has 1 amide bonds. The van der Waals surface area contributed by atoms with Gasteiger partial charge < -0.3 is 15.2 Å². The quantitative estimate of drug-likeness (QED) is 0.730. The van der Waals surface area contributed by atoms with Gasteiger partial charge in [0.05, 0.1) is 0 Å². The van der Waals surface area contributed by atoms with Gasteiger partial charge in [0.2, 0.25) is 5.91 Å². The van der Waals surface area contributed by atoms with E-state index in [2.05, 4.69) is 19.2 Å². The molecule has 0 aromatic carbocycles. The van der Waals surface area contributed by atoms with Gasteiger partial charge in [-0.25, -0.2) is 0 Å². The van der Waals surface area contributed by atoms with Crippen molar-refractivity contribution in [2.45, 2.75) is 46.0 Å².